The number of hydrogen-bond donors (Lipinski definition) is 1. The molecular formula is C11H21NO3. The summed E-state index contributed by atoms with van der Waals surface area (Å²) in [6.07, 6.45) is 1.87. The molecule has 1 rings (SSSR count). The van der Waals surface area contributed by atoms with Crippen molar-refractivity contribution >= 4 is 5.97 Å². The van der Waals surface area contributed by atoms with E-state index in [1.165, 1.54) is 7.11 Å². The molecule has 88 valence electrons. The minimum atomic E-state index is -0.242. The zero-order valence-electron chi connectivity index (χ0n) is 10.0. The molecule has 0 saturated carbocycles. The summed E-state index contributed by atoms with van der Waals surface area (Å²) in [6.45, 7) is 6.72. The Morgan fingerprint density at radius 2 is 2.27 bits per heavy atom. The third-order valence-electron chi connectivity index (χ3n) is 2.74. The Bertz CT molecular complexity index is 228. The van der Waals surface area contributed by atoms with Crippen molar-refractivity contribution < 1.29 is 14.3 Å². The van der Waals surface area contributed by atoms with Crippen molar-refractivity contribution in [3.05, 3.63) is 0 Å². The fraction of sp³-hybridized carbons (Fsp3) is 0.909. The molecule has 0 amide bonds. The molecule has 1 fully saturated rings. The van der Waals surface area contributed by atoms with Crippen LogP contribution in [-0.4, -0.2) is 37.4 Å². The molecule has 0 radical (unpaired) electrons. The van der Waals surface area contributed by atoms with E-state index >= 15 is 0 Å². The lowest BCUT2D eigenvalue weighted by Gasteiger charge is -2.36. The second kappa shape index (κ2) is 4.94. The summed E-state index contributed by atoms with van der Waals surface area (Å²) in [5, 5.41) is 3.27. The highest BCUT2D eigenvalue weighted by molar-refractivity contribution is 5.75. The molecule has 2 unspecified atom stereocenters. The zero-order valence-corrected chi connectivity index (χ0v) is 10.0. The summed E-state index contributed by atoms with van der Waals surface area (Å²) in [7, 11) is 1.41. The highest BCUT2D eigenvalue weighted by Crippen LogP contribution is 2.24. The van der Waals surface area contributed by atoms with Gasteiger partial charge in [0.05, 0.1) is 12.7 Å². The molecule has 1 heterocycles. The number of ether oxygens (including phenoxy) is 2. The Kier molecular flexibility index (Phi) is 4.11. The molecule has 0 bridgehead atoms. The molecular weight excluding hydrogens is 194 g/mol. The lowest BCUT2D eigenvalue weighted by molar-refractivity contribution is -0.143. The van der Waals surface area contributed by atoms with E-state index in [1.54, 1.807) is 0 Å². The largest absolute Gasteiger partial charge is 0.468 e. The average Bonchev–Trinajstić information content (AvgIpc) is 2.14. The van der Waals surface area contributed by atoms with E-state index in [-0.39, 0.29) is 17.6 Å². The molecule has 1 saturated heterocycles. The SMILES string of the molecule is COC(=O)C(C)NC1CCOC(C)(C)C1. The predicted molar refractivity (Wildman–Crippen MR) is 57.7 cm³/mol. The summed E-state index contributed by atoms with van der Waals surface area (Å²) >= 11 is 0. The third kappa shape index (κ3) is 3.80. The van der Waals surface area contributed by atoms with E-state index in [9.17, 15) is 4.79 Å². The Morgan fingerprint density at radius 3 is 2.80 bits per heavy atom. The number of nitrogens with one attached hydrogen (secondary N) is 1. The molecule has 0 spiro atoms. The lowest BCUT2D eigenvalue weighted by atomic mass is 9.93. The number of methoxy groups -OCH3 is 1. The van der Waals surface area contributed by atoms with Crippen LogP contribution in [0.4, 0.5) is 0 Å². The van der Waals surface area contributed by atoms with Gasteiger partial charge in [-0.25, -0.2) is 0 Å². The van der Waals surface area contributed by atoms with E-state index in [1.807, 2.05) is 6.92 Å². The van der Waals surface area contributed by atoms with Crippen molar-refractivity contribution in [1.82, 2.24) is 5.32 Å². The number of hydrogen-bond acceptors (Lipinski definition) is 4. The monoisotopic (exact) mass is 215 g/mol. The van der Waals surface area contributed by atoms with E-state index < -0.39 is 0 Å². The van der Waals surface area contributed by atoms with Crippen molar-refractivity contribution in [2.24, 2.45) is 0 Å². The van der Waals surface area contributed by atoms with Gasteiger partial charge in [0.15, 0.2) is 0 Å². The van der Waals surface area contributed by atoms with Crippen LogP contribution in [0.3, 0.4) is 0 Å². The number of carbonyl (C=O) groups is 1. The highest BCUT2D eigenvalue weighted by atomic mass is 16.5. The predicted octanol–water partition coefficient (Wildman–Crippen LogP) is 1.10. The summed E-state index contributed by atoms with van der Waals surface area (Å²) in [4.78, 5) is 11.2. The molecule has 0 aliphatic carbocycles. The Balaban J connectivity index is 2.41. The first-order valence-corrected chi connectivity index (χ1v) is 5.42. The molecule has 4 heteroatoms. The topological polar surface area (TPSA) is 47.6 Å². The van der Waals surface area contributed by atoms with Crippen molar-refractivity contribution in [2.75, 3.05) is 13.7 Å². The first-order chi connectivity index (χ1) is 6.94. The quantitative estimate of drug-likeness (QED) is 0.716. The van der Waals surface area contributed by atoms with Gasteiger partial charge in [-0.05, 0) is 33.6 Å². The van der Waals surface area contributed by atoms with Crippen LogP contribution in [-0.2, 0) is 14.3 Å². The molecule has 15 heavy (non-hydrogen) atoms. The van der Waals surface area contributed by atoms with Gasteiger partial charge >= 0.3 is 5.97 Å². The second-order valence-corrected chi connectivity index (χ2v) is 4.71. The second-order valence-electron chi connectivity index (χ2n) is 4.71. The molecule has 0 aromatic heterocycles. The van der Waals surface area contributed by atoms with Crippen molar-refractivity contribution in [2.45, 2.75) is 51.3 Å². The Morgan fingerprint density at radius 1 is 1.60 bits per heavy atom. The van der Waals surface area contributed by atoms with Crippen molar-refractivity contribution in [3.63, 3.8) is 0 Å². The molecule has 0 aromatic rings. The van der Waals surface area contributed by atoms with Gasteiger partial charge < -0.3 is 14.8 Å². The van der Waals surface area contributed by atoms with Crippen LogP contribution >= 0.6 is 0 Å². The standard InChI is InChI=1S/C11H21NO3/c1-8(10(13)14-4)12-9-5-6-15-11(2,3)7-9/h8-9,12H,5-7H2,1-4H3. The van der Waals surface area contributed by atoms with Crippen molar-refractivity contribution in [3.8, 4) is 0 Å². The highest BCUT2D eigenvalue weighted by Gasteiger charge is 2.30. The maximum absolute atomic E-state index is 11.2. The molecule has 0 aromatic carbocycles. The van der Waals surface area contributed by atoms with Gasteiger partial charge in [0.25, 0.3) is 0 Å². The van der Waals surface area contributed by atoms with Gasteiger partial charge in [-0.1, -0.05) is 0 Å². The maximum Gasteiger partial charge on any atom is 0.322 e. The normalized spacial score (nSPS) is 27.1. The fourth-order valence-corrected chi connectivity index (χ4v) is 1.97. The fourth-order valence-electron chi connectivity index (χ4n) is 1.97. The lowest BCUT2D eigenvalue weighted by Crippen LogP contribution is -2.48. The van der Waals surface area contributed by atoms with Gasteiger partial charge in [0.2, 0.25) is 0 Å². The summed E-state index contributed by atoms with van der Waals surface area (Å²) in [6, 6.07) is 0.0942. The summed E-state index contributed by atoms with van der Waals surface area (Å²) in [5.74, 6) is -0.209. The van der Waals surface area contributed by atoms with E-state index in [2.05, 4.69) is 23.9 Å². The minimum Gasteiger partial charge on any atom is -0.468 e. The number of rotatable bonds is 3. The number of carbonyl (C=O) groups excluding carboxylic acids is 1. The summed E-state index contributed by atoms with van der Waals surface area (Å²) in [5.41, 5.74) is -0.0915. The van der Waals surface area contributed by atoms with Crippen LogP contribution < -0.4 is 5.32 Å². The smallest absolute Gasteiger partial charge is 0.322 e. The van der Waals surface area contributed by atoms with Crippen LogP contribution in [0.5, 0.6) is 0 Å². The van der Waals surface area contributed by atoms with E-state index in [4.69, 9.17) is 4.74 Å². The van der Waals surface area contributed by atoms with Gasteiger partial charge in [0.1, 0.15) is 6.04 Å². The van der Waals surface area contributed by atoms with Gasteiger partial charge in [-0.2, -0.15) is 0 Å². The molecule has 1 aliphatic rings. The van der Waals surface area contributed by atoms with Crippen LogP contribution in [0.15, 0.2) is 0 Å². The van der Waals surface area contributed by atoms with Crippen LogP contribution in [0.25, 0.3) is 0 Å². The average molecular weight is 215 g/mol. The van der Waals surface area contributed by atoms with Crippen LogP contribution in [0.1, 0.15) is 33.6 Å². The summed E-state index contributed by atoms with van der Waals surface area (Å²) < 4.78 is 10.3. The first-order valence-electron chi connectivity index (χ1n) is 5.42. The number of esters is 1. The molecule has 1 aliphatic heterocycles. The van der Waals surface area contributed by atoms with Gasteiger partial charge in [-0.3, -0.25) is 4.79 Å². The molecule has 4 nitrogen and oxygen atoms in total. The molecule has 1 N–H and O–H groups in total. The van der Waals surface area contributed by atoms with Gasteiger partial charge in [0, 0.05) is 12.6 Å². The Labute approximate surface area is 91.3 Å². The van der Waals surface area contributed by atoms with E-state index in [0.717, 1.165) is 19.4 Å². The maximum atomic E-state index is 11.2. The first kappa shape index (κ1) is 12.5. The Hall–Kier alpha value is -0.610. The van der Waals surface area contributed by atoms with Gasteiger partial charge in [-0.15, -0.1) is 0 Å². The minimum absolute atomic E-state index is 0.0915. The van der Waals surface area contributed by atoms with Crippen LogP contribution in [0, 0.1) is 0 Å². The van der Waals surface area contributed by atoms with E-state index in [0.29, 0.717) is 6.04 Å². The van der Waals surface area contributed by atoms with Crippen molar-refractivity contribution in [1.29, 1.82) is 0 Å². The zero-order chi connectivity index (χ0) is 11.5. The third-order valence-corrected chi connectivity index (χ3v) is 2.74. The van der Waals surface area contributed by atoms with Crippen LogP contribution in [0.2, 0.25) is 0 Å². The molecule has 2 atom stereocenters.